The molecule has 0 aliphatic carbocycles. The summed E-state index contributed by atoms with van der Waals surface area (Å²) in [5.41, 5.74) is 0.681. The standard InChI is InChI=1S/C19H27N3O3/c1-3-20-12-15-8-10-21(11-9-15)18(23)13-22-16-6-4-5-7-17(16)25-14(2)19(22)24/h4-7,14-15,20H,3,8-13H2,1-2H3. The minimum Gasteiger partial charge on any atom is -0.479 e. The van der Waals surface area contributed by atoms with Gasteiger partial charge in [-0.2, -0.15) is 0 Å². The number of piperidine rings is 1. The molecule has 2 amide bonds. The van der Waals surface area contributed by atoms with E-state index in [9.17, 15) is 9.59 Å². The van der Waals surface area contributed by atoms with Gasteiger partial charge in [0.25, 0.3) is 5.91 Å². The number of benzene rings is 1. The van der Waals surface area contributed by atoms with Crippen molar-refractivity contribution in [3.8, 4) is 5.75 Å². The molecule has 1 unspecified atom stereocenters. The van der Waals surface area contributed by atoms with E-state index in [1.165, 1.54) is 0 Å². The highest BCUT2D eigenvalue weighted by atomic mass is 16.5. The third-order valence-electron chi connectivity index (χ3n) is 5.02. The van der Waals surface area contributed by atoms with E-state index >= 15 is 0 Å². The summed E-state index contributed by atoms with van der Waals surface area (Å²) in [6.45, 7) is 7.46. The maximum Gasteiger partial charge on any atom is 0.268 e. The van der Waals surface area contributed by atoms with Gasteiger partial charge < -0.3 is 15.0 Å². The lowest BCUT2D eigenvalue weighted by atomic mass is 9.96. The van der Waals surface area contributed by atoms with E-state index in [-0.39, 0.29) is 18.4 Å². The lowest BCUT2D eigenvalue weighted by Crippen LogP contribution is -2.51. The van der Waals surface area contributed by atoms with Crippen LogP contribution in [0.2, 0.25) is 0 Å². The molecule has 1 aromatic carbocycles. The van der Waals surface area contributed by atoms with Gasteiger partial charge in [-0.15, -0.1) is 0 Å². The van der Waals surface area contributed by atoms with Crippen LogP contribution in [0.1, 0.15) is 26.7 Å². The van der Waals surface area contributed by atoms with Crippen molar-refractivity contribution in [2.45, 2.75) is 32.8 Å². The highest BCUT2D eigenvalue weighted by Gasteiger charge is 2.34. The molecule has 6 heteroatoms. The predicted octanol–water partition coefficient (Wildman–Crippen LogP) is 1.65. The topological polar surface area (TPSA) is 61.9 Å². The molecule has 1 aromatic rings. The second kappa shape index (κ2) is 7.87. The molecule has 0 aromatic heterocycles. The first-order valence-corrected chi connectivity index (χ1v) is 9.15. The highest BCUT2D eigenvalue weighted by Crippen LogP contribution is 2.33. The number of anilines is 1. The Morgan fingerprint density at radius 3 is 2.72 bits per heavy atom. The second-order valence-corrected chi connectivity index (χ2v) is 6.78. The van der Waals surface area contributed by atoms with Crippen molar-refractivity contribution in [3.05, 3.63) is 24.3 Å². The highest BCUT2D eigenvalue weighted by molar-refractivity contribution is 6.03. The molecule has 1 atom stereocenters. The number of fused-ring (bicyclic) bond motifs is 1. The number of hydrogen-bond donors (Lipinski definition) is 1. The van der Waals surface area contributed by atoms with E-state index in [0.29, 0.717) is 17.4 Å². The van der Waals surface area contributed by atoms with Crippen LogP contribution in [-0.2, 0) is 9.59 Å². The third-order valence-corrected chi connectivity index (χ3v) is 5.02. The molecule has 1 saturated heterocycles. The van der Waals surface area contributed by atoms with Crippen LogP contribution in [-0.4, -0.2) is 55.5 Å². The molecular formula is C19H27N3O3. The predicted molar refractivity (Wildman–Crippen MR) is 96.7 cm³/mol. The second-order valence-electron chi connectivity index (χ2n) is 6.78. The molecule has 136 valence electrons. The van der Waals surface area contributed by atoms with Crippen LogP contribution in [0.4, 0.5) is 5.69 Å². The van der Waals surface area contributed by atoms with Gasteiger partial charge in [-0.1, -0.05) is 19.1 Å². The molecule has 25 heavy (non-hydrogen) atoms. The number of nitrogens with one attached hydrogen (secondary N) is 1. The van der Waals surface area contributed by atoms with Gasteiger partial charge in [-0.3, -0.25) is 14.5 Å². The Labute approximate surface area is 149 Å². The number of para-hydroxylation sites is 2. The van der Waals surface area contributed by atoms with Crippen molar-refractivity contribution in [1.82, 2.24) is 10.2 Å². The Bertz CT molecular complexity index is 626. The first-order chi connectivity index (χ1) is 12.1. The zero-order valence-electron chi connectivity index (χ0n) is 15.0. The average molecular weight is 345 g/mol. The normalized spacial score (nSPS) is 21.0. The summed E-state index contributed by atoms with van der Waals surface area (Å²) >= 11 is 0. The van der Waals surface area contributed by atoms with Crippen LogP contribution in [0.3, 0.4) is 0 Å². The van der Waals surface area contributed by atoms with Gasteiger partial charge >= 0.3 is 0 Å². The molecular weight excluding hydrogens is 318 g/mol. The minimum atomic E-state index is -0.562. The Morgan fingerprint density at radius 1 is 1.28 bits per heavy atom. The molecule has 2 aliphatic heterocycles. The van der Waals surface area contributed by atoms with Gasteiger partial charge in [-0.05, 0) is 50.9 Å². The average Bonchev–Trinajstić information content (AvgIpc) is 2.64. The molecule has 0 bridgehead atoms. The van der Waals surface area contributed by atoms with Gasteiger partial charge in [0.15, 0.2) is 6.10 Å². The Balaban J connectivity index is 1.62. The van der Waals surface area contributed by atoms with Gasteiger partial charge in [0.1, 0.15) is 12.3 Å². The first kappa shape index (κ1) is 17.7. The zero-order chi connectivity index (χ0) is 17.8. The van der Waals surface area contributed by atoms with Gasteiger partial charge in [0, 0.05) is 13.1 Å². The molecule has 1 fully saturated rings. The molecule has 2 heterocycles. The lowest BCUT2D eigenvalue weighted by molar-refractivity contribution is -0.134. The van der Waals surface area contributed by atoms with E-state index in [1.54, 1.807) is 11.8 Å². The summed E-state index contributed by atoms with van der Waals surface area (Å²) in [4.78, 5) is 28.7. The molecule has 0 saturated carbocycles. The number of rotatable bonds is 5. The van der Waals surface area contributed by atoms with E-state index in [2.05, 4.69) is 12.2 Å². The van der Waals surface area contributed by atoms with Crippen LogP contribution in [0.5, 0.6) is 5.75 Å². The minimum absolute atomic E-state index is 0.0131. The molecule has 0 radical (unpaired) electrons. The fraction of sp³-hybridized carbons (Fsp3) is 0.579. The number of hydrogen-bond acceptors (Lipinski definition) is 4. The Kier molecular flexibility index (Phi) is 5.58. The Morgan fingerprint density at radius 2 is 2.00 bits per heavy atom. The maximum atomic E-state index is 12.7. The van der Waals surface area contributed by atoms with E-state index < -0.39 is 6.10 Å². The smallest absolute Gasteiger partial charge is 0.268 e. The molecule has 3 rings (SSSR count). The number of amides is 2. The van der Waals surface area contributed by atoms with Crippen molar-refractivity contribution in [2.75, 3.05) is 37.6 Å². The summed E-state index contributed by atoms with van der Waals surface area (Å²) in [6, 6.07) is 7.39. The third kappa shape index (κ3) is 3.95. The van der Waals surface area contributed by atoms with Crippen molar-refractivity contribution in [3.63, 3.8) is 0 Å². The van der Waals surface area contributed by atoms with E-state index in [4.69, 9.17) is 4.74 Å². The Hall–Kier alpha value is -2.08. The number of likely N-dealkylation sites (tertiary alicyclic amines) is 1. The zero-order valence-corrected chi connectivity index (χ0v) is 15.0. The number of nitrogens with zero attached hydrogens (tertiary/aromatic N) is 2. The van der Waals surface area contributed by atoms with Crippen molar-refractivity contribution in [1.29, 1.82) is 0 Å². The van der Waals surface area contributed by atoms with Crippen LogP contribution in [0.15, 0.2) is 24.3 Å². The number of carbonyl (C=O) groups excluding carboxylic acids is 2. The molecule has 2 aliphatic rings. The molecule has 6 nitrogen and oxygen atoms in total. The molecule has 1 N–H and O–H groups in total. The summed E-state index contributed by atoms with van der Waals surface area (Å²) in [6.07, 6.45) is 1.47. The van der Waals surface area contributed by atoms with Gasteiger partial charge in [0.05, 0.1) is 5.69 Å². The summed E-state index contributed by atoms with van der Waals surface area (Å²) < 4.78 is 5.63. The van der Waals surface area contributed by atoms with E-state index in [1.807, 2.05) is 29.2 Å². The summed E-state index contributed by atoms with van der Waals surface area (Å²) in [5.74, 6) is 1.15. The fourth-order valence-corrected chi connectivity index (χ4v) is 3.49. The summed E-state index contributed by atoms with van der Waals surface area (Å²) in [5, 5.41) is 3.38. The van der Waals surface area contributed by atoms with Crippen LogP contribution < -0.4 is 15.0 Å². The molecule has 0 spiro atoms. The number of carbonyl (C=O) groups is 2. The van der Waals surface area contributed by atoms with Crippen LogP contribution >= 0.6 is 0 Å². The maximum absolute atomic E-state index is 12.7. The monoisotopic (exact) mass is 345 g/mol. The SMILES string of the molecule is CCNCC1CCN(C(=O)CN2C(=O)C(C)Oc3ccccc32)CC1. The van der Waals surface area contributed by atoms with Gasteiger partial charge in [0.2, 0.25) is 5.91 Å². The van der Waals surface area contributed by atoms with E-state index in [0.717, 1.165) is 39.0 Å². The van der Waals surface area contributed by atoms with Crippen LogP contribution in [0, 0.1) is 5.92 Å². The summed E-state index contributed by atoms with van der Waals surface area (Å²) in [7, 11) is 0. The number of ether oxygens (including phenoxy) is 1. The fourth-order valence-electron chi connectivity index (χ4n) is 3.49. The largest absolute Gasteiger partial charge is 0.479 e. The lowest BCUT2D eigenvalue weighted by Gasteiger charge is -2.36. The van der Waals surface area contributed by atoms with Crippen LogP contribution in [0.25, 0.3) is 0 Å². The first-order valence-electron chi connectivity index (χ1n) is 9.15. The van der Waals surface area contributed by atoms with Gasteiger partial charge in [-0.25, -0.2) is 0 Å². The van der Waals surface area contributed by atoms with Crippen molar-refractivity contribution in [2.24, 2.45) is 5.92 Å². The quantitative estimate of drug-likeness (QED) is 0.881. The van der Waals surface area contributed by atoms with Crippen molar-refractivity contribution >= 4 is 17.5 Å². The van der Waals surface area contributed by atoms with Crippen molar-refractivity contribution < 1.29 is 14.3 Å².